The van der Waals surface area contributed by atoms with Crippen molar-refractivity contribution in [3.8, 4) is 0 Å². The van der Waals surface area contributed by atoms with Crippen LogP contribution in [0.3, 0.4) is 0 Å². The van der Waals surface area contributed by atoms with Crippen LogP contribution in [-0.2, 0) is 4.79 Å². The Morgan fingerprint density at radius 1 is 1.35 bits per heavy atom. The Hall–Kier alpha value is -2.57. The highest BCUT2D eigenvalue weighted by molar-refractivity contribution is 6.19. The number of carboxylic acids is 1. The number of carboxylic acid groups (broad SMARTS) is 1. The first-order chi connectivity index (χ1) is 8.16. The van der Waals surface area contributed by atoms with Crippen LogP contribution in [0.1, 0.15) is 11.4 Å². The number of rotatable bonds is 3. The third-order valence-electron chi connectivity index (χ3n) is 2.01. The average molecular weight is 234 g/mol. The molecule has 0 unspecified atom stereocenters. The van der Waals surface area contributed by atoms with Crippen molar-refractivity contribution < 1.29 is 14.3 Å². The van der Waals surface area contributed by atoms with Crippen LogP contribution in [0.5, 0.6) is 0 Å². The number of tetrazole rings is 1. The average Bonchev–Trinajstić information content (AvgIpc) is 2.81. The molecule has 0 spiro atoms. The number of aliphatic carboxylic acids is 1. The van der Waals surface area contributed by atoms with Gasteiger partial charge in [0.1, 0.15) is 11.4 Å². The molecule has 0 amide bonds. The molecule has 17 heavy (non-hydrogen) atoms. The van der Waals surface area contributed by atoms with Crippen molar-refractivity contribution in [2.75, 3.05) is 0 Å². The predicted molar refractivity (Wildman–Crippen MR) is 56.1 cm³/mol. The first kappa shape index (κ1) is 10.9. The van der Waals surface area contributed by atoms with Gasteiger partial charge in [-0.3, -0.25) is 0 Å². The van der Waals surface area contributed by atoms with E-state index in [1.165, 1.54) is 30.3 Å². The Morgan fingerprint density at radius 2 is 2.06 bits per heavy atom. The highest BCUT2D eigenvalue weighted by atomic mass is 19.1. The monoisotopic (exact) mass is 234 g/mol. The molecule has 2 rings (SSSR count). The zero-order chi connectivity index (χ0) is 12.3. The zero-order valence-corrected chi connectivity index (χ0v) is 8.46. The molecule has 0 aliphatic carbocycles. The summed E-state index contributed by atoms with van der Waals surface area (Å²) in [6, 6.07) is 5.40. The molecule has 2 aromatic rings. The Labute approximate surface area is 94.8 Å². The molecule has 0 saturated heterocycles. The summed E-state index contributed by atoms with van der Waals surface area (Å²) < 4.78 is 12.7. The molecule has 0 atom stereocenters. The van der Waals surface area contributed by atoms with E-state index < -0.39 is 5.97 Å². The van der Waals surface area contributed by atoms with E-state index in [1.54, 1.807) is 0 Å². The minimum absolute atomic E-state index is 0.0434. The van der Waals surface area contributed by atoms with Crippen molar-refractivity contribution in [1.82, 2.24) is 20.6 Å². The van der Waals surface area contributed by atoms with E-state index in [1.807, 2.05) is 0 Å². The van der Waals surface area contributed by atoms with Gasteiger partial charge >= 0.3 is 5.97 Å². The van der Waals surface area contributed by atoms with Gasteiger partial charge in [0.15, 0.2) is 5.82 Å². The van der Waals surface area contributed by atoms with Gasteiger partial charge in [0.25, 0.3) is 0 Å². The maximum Gasteiger partial charge on any atom is 0.339 e. The van der Waals surface area contributed by atoms with Gasteiger partial charge in [-0.05, 0) is 34.2 Å². The Balaban J connectivity index is 2.40. The summed E-state index contributed by atoms with van der Waals surface area (Å²) in [5, 5.41) is 21.5. The lowest BCUT2D eigenvalue weighted by Crippen LogP contribution is -2.01. The zero-order valence-electron chi connectivity index (χ0n) is 8.46. The summed E-state index contributed by atoms with van der Waals surface area (Å²) in [5.74, 6) is -1.52. The fourth-order valence-corrected chi connectivity index (χ4v) is 1.23. The van der Waals surface area contributed by atoms with E-state index in [2.05, 4.69) is 20.6 Å². The number of hydrogen-bond acceptors (Lipinski definition) is 4. The number of carbonyl (C=O) groups is 1. The molecular formula is C10H7FN4O2. The van der Waals surface area contributed by atoms with Crippen LogP contribution >= 0.6 is 0 Å². The minimum atomic E-state index is -1.17. The van der Waals surface area contributed by atoms with E-state index in [0.29, 0.717) is 5.56 Å². The second-order valence-electron chi connectivity index (χ2n) is 3.16. The number of halogens is 1. The van der Waals surface area contributed by atoms with Gasteiger partial charge in [-0.15, -0.1) is 5.10 Å². The van der Waals surface area contributed by atoms with E-state index in [-0.39, 0.29) is 17.2 Å². The second-order valence-corrected chi connectivity index (χ2v) is 3.16. The van der Waals surface area contributed by atoms with Crippen molar-refractivity contribution in [3.63, 3.8) is 0 Å². The summed E-state index contributed by atoms with van der Waals surface area (Å²) in [6.07, 6.45) is 1.35. The van der Waals surface area contributed by atoms with Crippen molar-refractivity contribution in [2.45, 2.75) is 0 Å². The lowest BCUT2D eigenvalue weighted by molar-refractivity contribution is -0.130. The number of aromatic nitrogens is 4. The molecule has 2 N–H and O–H groups in total. The smallest absolute Gasteiger partial charge is 0.339 e. The molecule has 86 valence electrons. The number of benzene rings is 1. The minimum Gasteiger partial charge on any atom is -0.478 e. The van der Waals surface area contributed by atoms with Crippen molar-refractivity contribution in [2.24, 2.45) is 0 Å². The maximum atomic E-state index is 12.7. The van der Waals surface area contributed by atoms with Gasteiger partial charge in [-0.2, -0.15) is 0 Å². The summed E-state index contributed by atoms with van der Waals surface area (Å²) in [6.45, 7) is 0. The third-order valence-corrected chi connectivity index (χ3v) is 2.01. The standard InChI is InChI=1S/C10H7FN4O2/c11-7-3-1-6(2-4-7)5-8(10(16)17)9-12-14-15-13-9/h1-5H,(H,16,17)(H,12,13,14,15). The van der Waals surface area contributed by atoms with Crippen molar-refractivity contribution in [3.05, 3.63) is 41.5 Å². The topological polar surface area (TPSA) is 91.8 Å². The molecule has 0 bridgehead atoms. The van der Waals surface area contributed by atoms with Gasteiger partial charge in [0.05, 0.1) is 0 Å². The second kappa shape index (κ2) is 4.52. The first-order valence-corrected chi connectivity index (χ1v) is 4.61. The van der Waals surface area contributed by atoms with E-state index in [9.17, 15) is 9.18 Å². The molecular weight excluding hydrogens is 227 g/mol. The number of aromatic amines is 1. The van der Waals surface area contributed by atoms with Crippen LogP contribution in [0.25, 0.3) is 11.6 Å². The molecule has 1 aromatic heterocycles. The molecule has 1 heterocycles. The molecule has 7 heteroatoms. The van der Waals surface area contributed by atoms with Gasteiger partial charge in [-0.1, -0.05) is 12.1 Å². The van der Waals surface area contributed by atoms with Crippen LogP contribution in [0.4, 0.5) is 4.39 Å². The van der Waals surface area contributed by atoms with Gasteiger partial charge in [0, 0.05) is 0 Å². The van der Waals surface area contributed by atoms with E-state index >= 15 is 0 Å². The molecule has 0 aliphatic heterocycles. The summed E-state index contributed by atoms with van der Waals surface area (Å²) in [5.41, 5.74) is 0.446. The number of nitrogens with one attached hydrogen (secondary N) is 1. The maximum absolute atomic E-state index is 12.7. The van der Waals surface area contributed by atoms with E-state index in [0.717, 1.165) is 0 Å². The number of nitrogens with zero attached hydrogens (tertiary/aromatic N) is 3. The number of hydrogen-bond donors (Lipinski definition) is 2. The van der Waals surface area contributed by atoms with Crippen LogP contribution < -0.4 is 0 Å². The predicted octanol–water partition coefficient (Wildman–Crippen LogP) is 0.964. The normalized spacial score (nSPS) is 11.5. The van der Waals surface area contributed by atoms with Crippen molar-refractivity contribution in [1.29, 1.82) is 0 Å². The molecule has 6 nitrogen and oxygen atoms in total. The van der Waals surface area contributed by atoms with Gasteiger partial charge in [-0.25, -0.2) is 14.3 Å². The lowest BCUT2D eigenvalue weighted by Gasteiger charge is -1.97. The summed E-state index contributed by atoms with van der Waals surface area (Å²) in [4.78, 5) is 11.0. The summed E-state index contributed by atoms with van der Waals surface area (Å²) in [7, 11) is 0. The van der Waals surface area contributed by atoms with Gasteiger partial charge in [0.2, 0.25) is 0 Å². The fourth-order valence-electron chi connectivity index (χ4n) is 1.23. The molecule has 0 saturated carbocycles. The molecule has 0 fully saturated rings. The van der Waals surface area contributed by atoms with Crippen LogP contribution in [0.2, 0.25) is 0 Å². The number of H-pyrrole nitrogens is 1. The summed E-state index contributed by atoms with van der Waals surface area (Å²) >= 11 is 0. The highest BCUT2D eigenvalue weighted by Crippen LogP contribution is 2.14. The lowest BCUT2D eigenvalue weighted by atomic mass is 10.1. The van der Waals surface area contributed by atoms with Crippen LogP contribution in [0, 0.1) is 5.82 Å². The van der Waals surface area contributed by atoms with Crippen LogP contribution in [-0.4, -0.2) is 31.7 Å². The van der Waals surface area contributed by atoms with Crippen LogP contribution in [0.15, 0.2) is 24.3 Å². The quantitative estimate of drug-likeness (QED) is 0.772. The SMILES string of the molecule is O=C(O)C(=Cc1ccc(F)cc1)c1nnn[nH]1. The first-order valence-electron chi connectivity index (χ1n) is 4.61. The fraction of sp³-hybridized carbons (Fsp3) is 0. The third kappa shape index (κ3) is 2.51. The Morgan fingerprint density at radius 3 is 2.59 bits per heavy atom. The van der Waals surface area contributed by atoms with Gasteiger partial charge < -0.3 is 5.11 Å². The van der Waals surface area contributed by atoms with Crippen molar-refractivity contribution >= 4 is 17.6 Å². The molecule has 0 radical (unpaired) electrons. The Kier molecular flexibility index (Phi) is 2.91. The Bertz CT molecular complexity index is 548. The van der Waals surface area contributed by atoms with E-state index in [4.69, 9.17) is 5.11 Å². The molecule has 0 aliphatic rings. The largest absolute Gasteiger partial charge is 0.478 e. The highest BCUT2D eigenvalue weighted by Gasteiger charge is 2.13. The molecule has 1 aromatic carbocycles.